The summed E-state index contributed by atoms with van der Waals surface area (Å²) in [4.78, 5) is 33.8. The summed E-state index contributed by atoms with van der Waals surface area (Å²) in [7, 11) is 0. The van der Waals surface area contributed by atoms with Crippen molar-refractivity contribution in [2.45, 2.75) is 50.2 Å². The van der Waals surface area contributed by atoms with Gasteiger partial charge in [-0.2, -0.15) is 5.26 Å². The van der Waals surface area contributed by atoms with E-state index in [0.29, 0.717) is 30.0 Å². The molecule has 184 valence electrons. The Morgan fingerprint density at radius 2 is 1.76 bits per heavy atom. The van der Waals surface area contributed by atoms with Crippen molar-refractivity contribution in [3.8, 4) is 6.07 Å². The monoisotopic (exact) mass is 491 g/mol. The Morgan fingerprint density at radius 3 is 2.57 bits per heavy atom. The zero-order chi connectivity index (χ0) is 25.4. The van der Waals surface area contributed by atoms with Gasteiger partial charge in [0.1, 0.15) is 5.52 Å². The fourth-order valence-electron chi connectivity index (χ4n) is 6.99. The largest absolute Gasteiger partial charge is 0.441 e. The maximum absolute atomic E-state index is 14.0. The van der Waals surface area contributed by atoms with Crippen LogP contribution >= 0.6 is 0 Å². The molecule has 3 saturated heterocycles. The van der Waals surface area contributed by atoms with Gasteiger partial charge in [0.05, 0.1) is 40.4 Å². The first kappa shape index (κ1) is 22.2. The van der Waals surface area contributed by atoms with E-state index in [0.717, 1.165) is 41.1 Å². The number of hydrogen-bond acceptors (Lipinski definition) is 6. The molecule has 0 aliphatic carbocycles. The Balaban J connectivity index is 1.20. The van der Waals surface area contributed by atoms with Crippen LogP contribution in [0.5, 0.6) is 0 Å². The number of aromatic nitrogens is 1. The zero-order valence-electron chi connectivity index (χ0n) is 20.4. The standard InChI is InChI=1S/C30H25N3O4/c1-29-15-16-30(37-29,14-6-11-24-32-21-9-4-5-10-23(21)36-24)26-25(29)27(34)33(28(26)35)22-13-12-18(17-31)19-7-2-3-8-20(19)22/h2-5,7-10,12-13,25-26H,6,11,14-16H2,1H3. The predicted octanol–water partition coefficient (Wildman–Crippen LogP) is 5.30. The minimum atomic E-state index is -0.671. The Morgan fingerprint density at radius 1 is 1.00 bits per heavy atom. The van der Waals surface area contributed by atoms with Crippen molar-refractivity contribution in [2.75, 3.05) is 4.90 Å². The van der Waals surface area contributed by atoms with Gasteiger partial charge < -0.3 is 9.15 Å². The number of hydrogen-bond donors (Lipinski definition) is 0. The van der Waals surface area contributed by atoms with Crippen LogP contribution in [-0.4, -0.2) is 28.0 Å². The van der Waals surface area contributed by atoms with Crippen LogP contribution in [0, 0.1) is 23.2 Å². The molecular formula is C30H25N3O4. The number of rotatable bonds is 5. The average molecular weight is 492 g/mol. The molecule has 0 radical (unpaired) electrons. The molecule has 0 N–H and O–H groups in total. The lowest BCUT2D eigenvalue weighted by Gasteiger charge is -2.31. The number of amides is 2. The number of carbonyl (C=O) groups is 2. The molecule has 3 aliphatic heterocycles. The van der Waals surface area contributed by atoms with Gasteiger partial charge in [-0.3, -0.25) is 9.59 Å². The summed E-state index contributed by atoms with van der Waals surface area (Å²) in [5.41, 5.74) is 1.33. The Hall–Kier alpha value is -4.02. The smallest absolute Gasteiger partial charge is 0.240 e. The number of oxazole rings is 1. The third-order valence-electron chi connectivity index (χ3n) is 8.60. The van der Waals surface area contributed by atoms with E-state index in [9.17, 15) is 14.9 Å². The van der Waals surface area contributed by atoms with Crippen LogP contribution in [0.2, 0.25) is 0 Å². The lowest BCUT2D eigenvalue weighted by atomic mass is 9.67. The molecule has 2 bridgehead atoms. The molecule has 1 aromatic heterocycles. The highest BCUT2D eigenvalue weighted by atomic mass is 16.5. The maximum Gasteiger partial charge on any atom is 0.240 e. The number of nitriles is 1. The van der Waals surface area contributed by atoms with Crippen LogP contribution in [0.25, 0.3) is 21.9 Å². The lowest BCUT2D eigenvalue weighted by molar-refractivity contribution is -0.130. The van der Waals surface area contributed by atoms with E-state index < -0.39 is 23.0 Å². The van der Waals surface area contributed by atoms with Crippen molar-refractivity contribution in [1.82, 2.24) is 4.98 Å². The van der Waals surface area contributed by atoms with Gasteiger partial charge in [0.2, 0.25) is 11.8 Å². The second kappa shape index (κ2) is 7.74. The fourth-order valence-corrected chi connectivity index (χ4v) is 6.99. The summed E-state index contributed by atoms with van der Waals surface area (Å²) in [6, 6.07) is 20.8. The summed E-state index contributed by atoms with van der Waals surface area (Å²) in [6.45, 7) is 1.98. The quantitative estimate of drug-likeness (QED) is 0.351. The number of carbonyl (C=O) groups excluding carboxylic acids is 2. The summed E-state index contributed by atoms with van der Waals surface area (Å²) in [5.74, 6) is -0.750. The summed E-state index contributed by atoms with van der Waals surface area (Å²) >= 11 is 0. The molecule has 7 heteroatoms. The maximum atomic E-state index is 14.0. The molecule has 4 heterocycles. The summed E-state index contributed by atoms with van der Waals surface area (Å²) < 4.78 is 12.5. The first-order chi connectivity index (χ1) is 17.9. The van der Waals surface area contributed by atoms with Gasteiger partial charge in [0.15, 0.2) is 11.5 Å². The van der Waals surface area contributed by atoms with Gasteiger partial charge in [-0.05, 0) is 56.9 Å². The Bertz CT molecular complexity index is 1620. The molecular weight excluding hydrogens is 466 g/mol. The Labute approximate surface area is 213 Å². The molecule has 37 heavy (non-hydrogen) atoms. The van der Waals surface area contributed by atoms with E-state index in [1.807, 2.05) is 55.5 Å². The van der Waals surface area contributed by atoms with Gasteiger partial charge in [0, 0.05) is 17.2 Å². The molecule has 3 aliphatic rings. The predicted molar refractivity (Wildman–Crippen MR) is 137 cm³/mol. The van der Waals surface area contributed by atoms with Crippen LogP contribution < -0.4 is 4.90 Å². The van der Waals surface area contributed by atoms with Crippen molar-refractivity contribution in [3.05, 3.63) is 72.1 Å². The van der Waals surface area contributed by atoms with Crippen LogP contribution in [0.1, 0.15) is 44.1 Å². The SMILES string of the molecule is CC12CCC(CCCc3nc4ccccc4o3)(O1)C1C(=O)N(c3ccc(C#N)c4ccccc34)C(=O)C12. The summed E-state index contributed by atoms with van der Waals surface area (Å²) in [6.07, 6.45) is 3.54. The topological polar surface area (TPSA) is 96.4 Å². The molecule has 3 aromatic carbocycles. The van der Waals surface area contributed by atoms with E-state index in [1.54, 1.807) is 12.1 Å². The van der Waals surface area contributed by atoms with Gasteiger partial charge >= 0.3 is 0 Å². The molecule has 4 atom stereocenters. The normalized spacial score (nSPS) is 28.4. The number of aryl methyl sites for hydroxylation is 1. The number of anilines is 1. The molecule has 4 unspecified atom stereocenters. The molecule has 4 aromatic rings. The minimum Gasteiger partial charge on any atom is -0.441 e. The first-order valence-corrected chi connectivity index (χ1v) is 12.8. The minimum absolute atomic E-state index is 0.199. The van der Waals surface area contributed by atoms with Crippen molar-refractivity contribution >= 4 is 39.4 Å². The second-order valence-electron chi connectivity index (χ2n) is 10.7. The van der Waals surface area contributed by atoms with Crippen molar-refractivity contribution in [3.63, 3.8) is 0 Å². The molecule has 0 spiro atoms. The summed E-state index contributed by atoms with van der Waals surface area (Å²) in [5, 5.41) is 11.0. The molecule has 0 saturated carbocycles. The van der Waals surface area contributed by atoms with Crippen LogP contribution in [-0.2, 0) is 20.7 Å². The second-order valence-corrected chi connectivity index (χ2v) is 10.7. The third kappa shape index (κ3) is 3.06. The zero-order valence-corrected chi connectivity index (χ0v) is 20.4. The van der Waals surface area contributed by atoms with Crippen molar-refractivity contribution in [1.29, 1.82) is 5.26 Å². The Kier molecular flexibility index (Phi) is 4.64. The molecule has 3 fully saturated rings. The number of fused-ring (bicyclic) bond motifs is 7. The number of benzene rings is 3. The van der Waals surface area contributed by atoms with Crippen LogP contribution in [0.15, 0.2) is 65.1 Å². The van der Waals surface area contributed by atoms with E-state index in [-0.39, 0.29) is 11.8 Å². The number of nitrogens with zero attached hydrogens (tertiary/aromatic N) is 3. The lowest BCUT2D eigenvalue weighted by Crippen LogP contribution is -2.42. The van der Waals surface area contributed by atoms with E-state index in [2.05, 4.69) is 11.1 Å². The third-order valence-corrected chi connectivity index (χ3v) is 8.60. The van der Waals surface area contributed by atoms with Crippen molar-refractivity contribution < 1.29 is 18.7 Å². The number of para-hydroxylation sites is 2. The highest BCUT2D eigenvalue weighted by Gasteiger charge is 2.73. The molecule has 7 nitrogen and oxygen atoms in total. The van der Waals surface area contributed by atoms with Gasteiger partial charge in [-0.15, -0.1) is 0 Å². The van der Waals surface area contributed by atoms with Gasteiger partial charge in [-0.25, -0.2) is 9.88 Å². The first-order valence-electron chi connectivity index (χ1n) is 12.8. The highest BCUT2D eigenvalue weighted by molar-refractivity contribution is 6.26. The highest BCUT2D eigenvalue weighted by Crippen LogP contribution is 2.62. The molecule has 2 amide bonds. The number of ether oxygens (including phenoxy) is 1. The van der Waals surface area contributed by atoms with Crippen molar-refractivity contribution in [2.24, 2.45) is 11.8 Å². The fraction of sp³-hybridized carbons (Fsp3) is 0.333. The van der Waals surface area contributed by atoms with E-state index in [4.69, 9.17) is 9.15 Å². The van der Waals surface area contributed by atoms with Crippen LogP contribution in [0.4, 0.5) is 5.69 Å². The molecule has 7 rings (SSSR count). The van der Waals surface area contributed by atoms with Crippen LogP contribution in [0.3, 0.4) is 0 Å². The average Bonchev–Trinajstić information content (AvgIpc) is 3.61. The van der Waals surface area contributed by atoms with E-state index >= 15 is 0 Å². The number of imide groups is 1. The van der Waals surface area contributed by atoms with Gasteiger partial charge in [0.25, 0.3) is 0 Å². The van der Waals surface area contributed by atoms with E-state index in [1.165, 1.54) is 4.90 Å². The van der Waals surface area contributed by atoms with Gasteiger partial charge in [-0.1, -0.05) is 36.4 Å².